The van der Waals surface area contributed by atoms with Gasteiger partial charge >= 0.3 is 0 Å². The maximum Gasteiger partial charge on any atom is 0.160 e. The van der Waals surface area contributed by atoms with Crippen molar-refractivity contribution in [2.24, 2.45) is 0 Å². The van der Waals surface area contributed by atoms with Crippen LogP contribution in [0.1, 0.15) is 49.9 Å². The number of terminal acetylenes is 1. The molecular formula is C36H37F2N5O2. The van der Waals surface area contributed by atoms with Crippen molar-refractivity contribution in [3.05, 3.63) is 59.4 Å². The second kappa shape index (κ2) is 11.5. The van der Waals surface area contributed by atoms with E-state index in [1.165, 1.54) is 25.0 Å². The summed E-state index contributed by atoms with van der Waals surface area (Å²) in [5.74, 6) is 2.19. The van der Waals surface area contributed by atoms with Crippen molar-refractivity contribution >= 4 is 27.5 Å². The summed E-state index contributed by atoms with van der Waals surface area (Å²) in [6.45, 7) is 4.10. The van der Waals surface area contributed by atoms with E-state index in [0.717, 1.165) is 58.5 Å². The number of piperazine rings is 1. The first kappa shape index (κ1) is 28.6. The molecule has 0 radical (unpaired) electrons. The van der Waals surface area contributed by atoms with E-state index < -0.39 is 11.6 Å². The van der Waals surface area contributed by atoms with Crippen LogP contribution in [0.15, 0.2) is 36.4 Å². The van der Waals surface area contributed by atoms with E-state index in [2.05, 4.69) is 21.0 Å². The average Bonchev–Trinajstić information content (AvgIpc) is 3.48. The molecule has 1 aromatic heterocycles. The first-order chi connectivity index (χ1) is 22.0. The van der Waals surface area contributed by atoms with Crippen LogP contribution >= 0.6 is 0 Å². The molecule has 0 spiro atoms. The molecule has 4 aromatic rings. The number of anilines is 1. The van der Waals surface area contributed by atoms with Crippen LogP contribution in [0, 0.1) is 24.0 Å². The number of nitrogens with zero attached hydrogens (tertiary/aromatic N) is 4. The minimum Gasteiger partial charge on any atom is -0.508 e. The molecule has 2 N–H and O–H groups in total. The molecule has 0 saturated carbocycles. The zero-order valence-electron chi connectivity index (χ0n) is 25.2. The number of nitrogens with one attached hydrogen (secondary N) is 1. The lowest BCUT2D eigenvalue weighted by Crippen LogP contribution is -2.51. The van der Waals surface area contributed by atoms with E-state index in [4.69, 9.17) is 21.1 Å². The normalized spacial score (nSPS) is 24.5. The van der Waals surface area contributed by atoms with Crippen LogP contribution in [0.2, 0.25) is 0 Å². The average molecular weight is 610 g/mol. The minimum absolute atomic E-state index is 0.0955. The van der Waals surface area contributed by atoms with Gasteiger partial charge < -0.3 is 20.1 Å². The third kappa shape index (κ3) is 5.09. The lowest BCUT2D eigenvalue weighted by atomic mass is 9.93. The third-order valence-corrected chi connectivity index (χ3v) is 10.3. The van der Waals surface area contributed by atoms with Crippen molar-refractivity contribution < 1.29 is 18.6 Å². The lowest BCUT2D eigenvalue weighted by Gasteiger charge is -2.34. The topological polar surface area (TPSA) is 73.8 Å². The molecule has 45 heavy (non-hydrogen) atoms. The molecule has 4 bridgehead atoms. The summed E-state index contributed by atoms with van der Waals surface area (Å²) in [4.78, 5) is 14.5. The fourth-order valence-corrected chi connectivity index (χ4v) is 8.18. The van der Waals surface area contributed by atoms with E-state index in [1.54, 1.807) is 24.3 Å². The zero-order valence-corrected chi connectivity index (χ0v) is 25.2. The fraction of sp³-hybridized carbons (Fsp3) is 0.444. The Hall–Kier alpha value is -3.84. The highest BCUT2D eigenvalue weighted by Crippen LogP contribution is 2.41. The van der Waals surface area contributed by atoms with Crippen molar-refractivity contribution in [2.75, 3.05) is 37.7 Å². The van der Waals surface area contributed by atoms with Gasteiger partial charge in [0.05, 0.1) is 18.8 Å². The number of ether oxygens (including phenoxy) is 1. The molecule has 8 rings (SSSR count). The van der Waals surface area contributed by atoms with Crippen LogP contribution in [-0.4, -0.2) is 77.0 Å². The van der Waals surface area contributed by atoms with Crippen LogP contribution in [0.5, 0.6) is 5.75 Å². The molecule has 4 unspecified atom stereocenters. The highest BCUT2D eigenvalue weighted by atomic mass is 19.1. The number of phenols is 1. The summed E-state index contributed by atoms with van der Waals surface area (Å²) in [6.07, 6.45) is 12.8. The summed E-state index contributed by atoms with van der Waals surface area (Å²) in [7, 11) is 0. The molecule has 5 heterocycles. The Labute approximate surface area is 261 Å². The molecule has 4 aliphatic rings. The Morgan fingerprint density at radius 3 is 2.53 bits per heavy atom. The lowest BCUT2D eigenvalue weighted by molar-refractivity contribution is -0.0149. The molecule has 4 fully saturated rings. The van der Waals surface area contributed by atoms with Crippen molar-refractivity contribution in [3.63, 3.8) is 0 Å². The highest BCUT2D eigenvalue weighted by molar-refractivity contribution is 6.04. The Kier molecular flexibility index (Phi) is 7.32. The number of rotatable bonds is 7. The minimum atomic E-state index is -0.767. The van der Waals surface area contributed by atoms with E-state index >= 15 is 8.78 Å². The van der Waals surface area contributed by atoms with E-state index in [9.17, 15) is 5.11 Å². The molecule has 4 aliphatic heterocycles. The maximum absolute atomic E-state index is 16.8. The highest BCUT2D eigenvalue weighted by Gasteiger charge is 2.37. The molecule has 7 nitrogen and oxygen atoms in total. The summed E-state index contributed by atoms with van der Waals surface area (Å²) in [5.41, 5.74) is 0.552. The molecular weight excluding hydrogens is 572 g/mol. The number of benzene rings is 3. The van der Waals surface area contributed by atoms with Crippen molar-refractivity contribution in [1.29, 1.82) is 0 Å². The Morgan fingerprint density at radius 1 is 1.00 bits per heavy atom. The van der Waals surface area contributed by atoms with Gasteiger partial charge in [0.1, 0.15) is 28.7 Å². The van der Waals surface area contributed by atoms with Crippen molar-refractivity contribution in [2.45, 2.75) is 69.1 Å². The van der Waals surface area contributed by atoms with Gasteiger partial charge in [-0.3, -0.25) is 4.90 Å². The second-order valence-electron chi connectivity index (χ2n) is 13.1. The van der Waals surface area contributed by atoms with Crippen LogP contribution in [0.3, 0.4) is 0 Å². The van der Waals surface area contributed by atoms with Gasteiger partial charge in [-0.1, -0.05) is 18.1 Å². The van der Waals surface area contributed by atoms with Gasteiger partial charge in [-0.15, -0.1) is 6.42 Å². The summed E-state index contributed by atoms with van der Waals surface area (Å²) >= 11 is 0. The van der Waals surface area contributed by atoms with Crippen LogP contribution in [0.25, 0.3) is 32.8 Å². The smallest absolute Gasteiger partial charge is 0.160 e. The first-order valence-electron chi connectivity index (χ1n) is 16.2. The number of fused-ring (bicyclic) bond motifs is 6. The number of morpholine rings is 1. The number of hydrogen-bond donors (Lipinski definition) is 2. The van der Waals surface area contributed by atoms with Crippen LogP contribution in [-0.2, 0) is 11.2 Å². The van der Waals surface area contributed by atoms with Crippen LogP contribution < -0.4 is 10.2 Å². The van der Waals surface area contributed by atoms with Gasteiger partial charge in [0.25, 0.3) is 0 Å². The first-order valence-corrected chi connectivity index (χ1v) is 16.2. The number of phenolic OH excluding ortho intramolecular Hbond substituents is 1. The van der Waals surface area contributed by atoms with Crippen molar-refractivity contribution in [3.8, 4) is 29.2 Å². The molecule has 4 saturated heterocycles. The molecule has 0 amide bonds. The molecule has 232 valence electrons. The Bertz CT molecular complexity index is 1810. The summed E-state index contributed by atoms with van der Waals surface area (Å²) in [5, 5.41) is 15.7. The molecule has 0 aliphatic carbocycles. The monoisotopic (exact) mass is 609 g/mol. The third-order valence-electron chi connectivity index (χ3n) is 10.3. The predicted octanol–water partition coefficient (Wildman–Crippen LogP) is 5.54. The SMILES string of the molecule is C#Cc1cccc2cc(O)cc(-c3c(F)cc4c(N5CC6CCC(C5)N6)nc(CCCCN5C6CCC5COC6)nc4c3F)c12. The van der Waals surface area contributed by atoms with Crippen LogP contribution in [0.4, 0.5) is 14.6 Å². The van der Waals surface area contributed by atoms with E-state index in [-0.39, 0.29) is 22.4 Å². The van der Waals surface area contributed by atoms with Gasteiger partial charge in [0, 0.05) is 65.6 Å². The molecule has 4 atom stereocenters. The molecule has 3 aromatic carbocycles. The Morgan fingerprint density at radius 2 is 1.78 bits per heavy atom. The van der Waals surface area contributed by atoms with Gasteiger partial charge in [-0.25, -0.2) is 18.7 Å². The fourth-order valence-electron chi connectivity index (χ4n) is 8.18. The van der Waals surface area contributed by atoms with E-state index in [1.807, 2.05) is 0 Å². The van der Waals surface area contributed by atoms with Gasteiger partial charge in [-0.05, 0) is 74.7 Å². The zero-order chi connectivity index (χ0) is 30.7. The summed E-state index contributed by atoms with van der Waals surface area (Å²) < 4.78 is 38.8. The quantitative estimate of drug-likeness (QED) is 0.211. The van der Waals surface area contributed by atoms with Gasteiger partial charge in [0.2, 0.25) is 0 Å². The predicted molar refractivity (Wildman–Crippen MR) is 171 cm³/mol. The standard InChI is InChI=1S/C36H37F2N5O2/c1-2-21-6-5-7-22-14-27(44)15-28(32(21)22)33-30(37)16-29-35(34(33)38)40-31(41-36(29)42-17-23-9-10-24(18-42)39-23)8-3-4-13-43-25-11-12-26(43)20-45-19-25/h1,5-7,14-16,23-26,39,44H,3-4,8-13,17-20H2. The van der Waals surface area contributed by atoms with Gasteiger partial charge in [0.15, 0.2) is 5.82 Å². The largest absolute Gasteiger partial charge is 0.508 e. The second-order valence-corrected chi connectivity index (χ2v) is 13.1. The summed E-state index contributed by atoms with van der Waals surface area (Å²) in [6, 6.07) is 11.3. The Balaban J connectivity index is 1.19. The number of aryl methyl sites for hydroxylation is 1. The number of aromatic hydroxyl groups is 1. The number of aromatic nitrogens is 2. The van der Waals surface area contributed by atoms with Gasteiger partial charge in [-0.2, -0.15) is 0 Å². The van der Waals surface area contributed by atoms with E-state index in [0.29, 0.717) is 64.0 Å². The number of halogens is 2. The maximum atomic E-state index is 16.8. The molecule has 9 heteroatoms. The number of hydrogen-bond acceptors (Lipinski definition) is 7. The van der Waals surface area contributed by atoms with Crippen molar-refractivity contribution in [1.82, 2.24) is 20.2 Å². The number of unbranched alkanes of at least 4 members (excludes halogenated alkanes) is 1.